The van der Waals surface area contributed by atoms with Crippen LogP contribution in [0.5, 0.6) is 11.6 Å². The molecule has 0 bridgehead atoms. The summed E-state index contributed by atoms with van der Waals surface area (Å²) in [5.74, 6) is 2.16. The van der Waals surface area contributed by atoms with Crippen LogP contribution in [0.25, 0.3) is 0 Å². The summed E-state index contributed by atoms with van der Waals surface area (Å²) in [6.45, 7) is 3.04. The van der Waals surface area contributed by atoms with Crippen LogP contribution in [-0.2, 0) is 23.2 Å². The topological polar surface area (TPSA) is 71.5 Å². The maximum atomic E-state index is 13.6. The van der Waals surface area contributed by atoms with E-state index in [0.29, 0.717) is 37.1 Å². The minimum absolute atomic E-state index is 0.218. The molecule has 0 unspecified atom stereocenters. The van der Waals surface area contributed by atoms with E-state index in [4.69, 9.17) is 14.7 Å². The minimum Gasteiger partial charge on any atom is -0.437 e. The summed E-state index contributed by atoms with van der Waals surface area (Å²) in [7, 11) is 0. The highest BCUT2D eigenvalue weighted by atomic mass is 16.5. The Morgan fingerprint density at radius 1 is 0.970 bits per heavy atom. The van der Waals surface area contributed by atoms with Gasteiger partial charge in [-0.25, -0.2) is 4.98 Å². The van der Waals surface area contributed by atoms with Crippen LogP contribution in [0.4, 0.5) is 5.95 Å². The van der Waals surface area contributed by atoms with Gasteiger partial charge in [0.05, 0.1) is 23.9 Å². The number of carbonyl (C=O) groups excluding carboxylic acids is 1. The molecule has 7 heteroatoms. The molecule has 1 amide bonds. The van der Waals surface area contributed by atoms with Crippen LogP contribution in [0.3, 0.4) is 0 Å². The Hall–Kier alpha value is -3.48. The highest BCUT2D eigenvalue weighted by molar-refractivity contribution is 5.91. The van der Waals surface area contributed by atoms with E-state index in [0.717, 1.165) is 55.6 Å². The number of nitrogens with zero attached hydrogens (tertiary/aromatic N) is 5. The second-order valence-electron chi connectivity index (χ2n) is 9.16. The number of aromatic nitrogens is 3. The Morgan fingerprint density at radius 3 is 2.52 bits per heavy atom. The Morgan fingerprint density at radius 2 is 1.79 bits per heavy atom. The fraction of sp³-hybridized carbons (Fsp3) is 0.385. The molecule has 4 heterocycles. The molecule has 1 saturated heterocycles. The van der Waals surface area contributed by atoms with Crippen molar-refractivity contribution in [2.24, 2.45) is 0 Å². The van der Waals surface area contributed by atoms with Gasteiger partial charge in [0, 0.05) is 31.4 Å². The Balaban J connectivity index is 1.32. The Labute approximate surface area is 193 Å². The van der Waals surface area contributed by atoms with Crippen LogP contribution in [-0.4, -0.2) is 45.4 Å². The number of pyridine rings is 1. The molecule has 0 N–H and O–H groups in total. The summed E-state index contributed by atoms with van der Waals surface area (Å²) in [4.78, 5) is 31.7. The summed E-state index contributed by atoms with van der Waals surface area (Å²) in [6, 6.07) is 13.9. The molecule has 1 aliphatic carbocycles. The molecule has 0 spiro atoms. The molecular formula is C26H27N5O2. The number of carbonyl (C=O) groups is 1. The predicted octanol–water partition coefficient (Wildman–Crippen LogP) is 3.88. The zero-order chi connectivity index (χ0) is 22.3. The number of anilines is 1. The SMILES string of the molecule is O=C(N1CCc2c(nc(N3CCCC3)nc2Oc2cccnc2)C1)C1(c2ccccc2)CC1. The number of hydrogen-bond acceptors (Lipinski definition) is 6. The molecular weight excluding hydrogens is 414 g/mol. The molecule has 6 rings (SSSR count). The van der Waals surface area contributed by atoms with Crippen LogP contribution in [0.2, 0.25) is 0 Å². The van der Waals surface area contributed by atoms with Gasteiger partial charge in [-0.05, 0) is 49.8 Å². The van der Waals surface area contributed by atoms with Crippen molar-refractivity contribution in [3.05, 3.63) is 71.7 Å². The van der Waals surface area contributed by atoms with Crippen molar-refractivity contribution in [2.75, 3.05) is 24.5 Å². The van der Waals surface area contributed by atoms with Crippen molar-refractivity contribution < 1.29 is 9.53 Å². The van der Waals surface area contributed by atoms with Crippen molar-refractivity contribution in [3.63, 3.8) is 0 Å². The quantitative estimate of drug-likeness (QED) is 0.598. The molecule has 1 aromatic carbocycles. The van der Waals surface area contributed by atoms with E-state index in [1.54, 1.807) is 12.4 Å². The molecule has 2 aromatic heterocycles. The Kier molecular flexibility index (Phi) is 4.97. The Bertz CT molecular complexity index is 1160. The molecule has 7 nitrogen and oxygen atoms in total. The van der Waals surface area contributed by atoms with Gasteiger partial charge in [-0.3, -0.25) is 9.78 Å². The molecule has 33 heavy (non-hydrogen) atoms. The number of rotatable bonds is 5. The minimum atomic E-state index is -0.362. The van der Waals surface area contributed by atoms with Gasteiger partial charge in [0.2, 0.25) is 17.7 Å². The van der Waals surface area contributed by atoms with Gasteiger partial charge < -0.3 is 14.5 Å². The lowest BCUT2D eigenvalue weighted by Gasteiger charge is -2.32. The second kappa shape index (κ2) is 8.14. The molecule has 2 fully saturated rings. The maximum absolute atomic E-state index is 13.6. The third kappa shape index (κ3) is 3.71. The predicted molar refractivity (Wildman–Crippen MR) is 124 cm³/mol. The lowest BCUT2D eigenvalue weighted by Crippen LogP contribution is -2.43. The largest absolute Gasteiger partial charge is 0.437 e. The maximum Gasteiger partial charge on any atom is 0.233 e. The van der Waals surface area contributed by atoms with E-state index in [1.807, 2.05) is 35.2 Å². The molecule has 1 saturated carbocycles. The fourth-order valence-corrected chi connectivity index (χ4v) is 5.03. The number of amides is 1. The first kappa shape index (κ1) is 20.1. The van der Waals surface area contributed by atoms with Gasteiger partial charge in [-0.2, -0.15) is 4.98 Å². The summed E-state index contributed by atoms with van der Waals surface area (Å²) in [5, 5.41) is 0. The average molecular weight is 442 g/mol. The number of benzene rings is 1. The van der Waals surface area contributed by atoms with Crippen LogP contribution < -0.4 is 9.64 Å². The van der Waals surface area contributed by atoms with Crippen molar-refractivity contribution >= 4 is 11.9 Å². The van der Waals surface area contributed by atoms with Gasteiger partial charge in [0.1, 0.15) is 5.75 Å². The van der Waals surface area contributed by atoms with E-state index >= 15 is 0 Å². The van der Waals surface area contributed by atoms with Crippen LogP contribution in [0, 0.1) is 0 Å². The molecule has 3 aromatic rings. The van der Waals surface area contributed by atoms with Crippen LogP contribution >= 0.6 is 0 Å². The normalized spacial score (nSPS) is 18.7. The van der Waals surface area contributed by atoms with Crippen LogP contribution in [0.15, 0.2) is 54.9 Å². The second-order valence-corrected chi connectivity index (χ2v) is 9.16. The van der Waals surface area contributed by atoms with E-state index in [9.17, 15) is 4.79 Å². The van der Waals surface area contributed by atoms with Gasteiger partial charge in [0.15, 0.2) is 0 Å². The van der Waals surface area contributed by atoms with E-state index in [1.165, 1.54) is 0 Å². The first-order valence-electron chi connectivity index (χ1n) is 11.8. The third-order valence-electron chi connectivity index (χ3n) is 7.03. The molecule has 3 aliphatic rings. The highest BCUT2D eigenvalue weighted by Gasteiger charge is 2.53. The average Bonchev–Trinajstić information content (AvgIpc) is 3.50. The number of ether oxygens (including phenoxy) is 1. The fourth-order valence-electron chi connectivity index (χ4n) is 5.03. The first-order chi connectivity index (χ1) is 16.2. The summed E-state index contributed by atoms with van der Waals surface area (Å²) < 4.78 is 6.18. The molecule has 168 valence electrons. The zero-order valence-electron chi connectivity index (χ0n) is 18.6. The summed E-state index contributed by atoms with van der Waals surface area (Å²) in [5.41, 5.74) is 2.66. The summed E-state index contributed by atoms with van der Waals surface area (Å²) in [6.07, 6.45) is 8.21. The van der Waals surface area contributed by atoms with Crippen molar-refractivity contribution in [3.8, 4) is 11.6 Å². The molecule has 2 aliphatic heterocycles. The van der Waals surface area contributed by atoms with Gasteiger partial charge in [-0.15, -0.1) is 0 Å². The lowest BCUT2D eigenvalue weighted by molar-refractivity contribution is -0.135. The van der Waals surface area contributed by atoms with E-state index < -0.39 is 0 Å². The van der Waals surface area contributed by atoms with Crippen molar-refractivity contribution in [2.45, 2.75) is 44.1 Å². The van der Waals surface area contributed by atoms with Gasteiger partial charge in [0.25, 0.3) is 0 Å². The van der Waals surface area contributed by atoms with Crippen molar-refractivity contribution in [1.82, 2.24) is 19.9 Å². The smallest absolute Gasteiger partial charge is 0.233 e. The molecule has 0 atom stereocenters. The monoisotopic (exact) mass is 441 g/mol. The lowest BCUT2D eigenvalue weighted by atomic mass is 9.93. The first-order valence-corrected chi connectivity index (χ1v) is 11.8. The summed E-state index contributed by atoms with van der Waals surface area (Å²) >= 11 is 0. The van der Waals surface area contributed by atoms with Gasteiger partial charge in [-0.1, -0.05) is 30.3 Å². The standard InChI is InChI=1S/C26H27N5O2/c32-24(26(11-12-26)19-7-2-1-3-8-19)31-16-10-21-22(18-31)28-25(30-14-4-5-15-30)29-23(21)33-20-9-6-13-27-17-20/h1-3,6-9,13,17H,4-5,10-12,14-16,18H2. The van der Waals surface area contributed by atoms with E-state index in [-0.39, 0.29) is 11.3 Å². The number of hydrogen-bond donors (Lipinski definition) is 0. The number of fused-ring (bicyclic) bond motifs is 1. The highest BCUT2D eigenvalue weighted by Crippen LogP contribution is 2.50. The molecule has 0 radical (unpaired) electrons. The third-order valence-corrected chi connectivity index (χ3v) is 7.03. The van der Waals surface area contributed by atoms with Gasteiger partial charge >= 0.3 is 0 Å². The zero-order valence-corrected chi connectivity index (χ0v) is 18.6. The van der Waals surface area contributed by atoms with Crippen molar-refractivity contribution in [1.29, 1.82) is 0 Å². The van der Waals surface area contributed by atoms with E-state index in [2.05, 4.69) is 22.0 Å². The van der Waals surface area contributed by atoms with Crippen LogP contribution in [0.1, 0.15) is 42.5 Å².